The normalized spacial score (nSPS) is 11.1. The molecule has 2 aromatic heterocycles. The van der Waals surface area contributed by atoms with Gasteiger partial charge in [-0.25, -0.2) is 18.4 Å². The summed E-state index contributed by atoms with van der Waals surface area (Å²) in [6.07, 6.45) is 4.72. The predicted molar refractivity (Wildman–Crippen MR) is 75.9 cm³/mol. The van der Waals surface area contributed by atoms with Gasteiger partial charge in [0.2, 0.25) is 0 Å². The SMILES string of the molecule is O=S(=O)(Nc1cnc(Oc2ccccc2)nc1)c1cnoc1. The van der Waals surface area contributed by atoms with Crippen LogP contribution < -0.4 is 9.46 Å². The van der Waals surface area contributed by atoms with Gasteiger partial charge in [0.1, 0.15) is 16.9 Å². The third-order valence-corrected chi connectivity index (χ3v) is 3.88. The average molecular weight is 318 g/mol. The quantitative estimate of drug-likeness (QED) is 0.767. The summed E-state index contributed by atoms with van der Waals surface area (Å²) in [5, 5.41) is 3.35. The zero-order chi connectivity index (χ0) is 15.4. The van der Waals surface area contributed by atoms with Gasteiger partial charge in [0.05, 0.1) is 24.3 Å². The molecule has 112 valence electrons. The van der Waals surface area contributed by atoms with Gasteiger partial charge in [0.25, 0.3) is 10.0 Å². The fourth-order valence-electron chi connectivity index (χ4n) is 1.56. The van der Waals surface area contributed by atoms with E-state index in [1.165, 1.54) is 12.4 Å². The van der Waals surface area contributed by atoms with Crippen molar-refractivity contribution >= 4 is 15.7 Å². The maximum absolute atomic E-state index is 11.9. The van der Waals surface area contributed by atoms with Crippen LogP contribution in [0, 0.1) is 0 Å². The summed E-state index contributed by atoms with van der Waals surface area (Å²) in [6.45, 7) is 0. The predicted octanol–water partition coefficient (Wildman–Crippen LogP) is 2.06. The molecule has 22 heavy (non-hydrogen) atoms. The van der Waals surface area contributed by atoms with Crippen LogP contribution in [0.4, 0.5) is 5.69 Å². The van der Waals surface area contributed by atoms with Crippen molar-refractivity contribution in [2.75, 3.05) is 4.72 Å². The summed E-state index contributed by atoms with van der Waals surface area (Å²) in [4.78, 5) is 7.79. The summed E-state index contributed by atoms with van der Waals surface area (Å²) in [5.41, 5.74) is 0.196. The summed E-state index contributed by atoms with van der Waals surface area (Å²) < 4.78 is 36.1. The summed E-state index contributed by atoms with van der Waals surface area (Å²) in [5.74, 6) is 0.584. The van der Waals surface area contributed by atoms with Gasteiger partial charge < -0.3 is 9.26 Å². The minimum Gasteiger partial charge on any atom is -0.424 e. The lowest BCUT2D eigenvalue weighted by Crippen LogP contribution is -2.12. The van der Waals surface area contributed by atoms with E-state index in [0.717, 1.165) is 12.5 Å². The molecule has 0 atom stereocenters. The standard InChI is InChI=1S/C13H10N4O4S/c18-22(19,12-8-16-20-9-12)17-10-6-14-13(15-7-10)21-11-4-2-1-3-5-11/h1-9,17H. The molecule has 0 radical (unpaired) electrons. The van der Waals surface area contributed by atoms with Crippen LogP contribution in [0.3, 0.4) is 0 Å². The first-order valence-corrected chi connectivity index (χ1v) is 7.59. The van der Waals surface area contributed by atoms with Crippen LogP contribution in [0.15, 0.2) is 64.6 Å². The maximum Gasteiger partial charge on any atom is 0.322 e. The van der Waals surface area contributed by atoms with Crippen molar-refractivity contribution in [3.63, 3.8) is 0 Å². The van der Waals surface area contributed by atoms with E-state index in [0.29, 0.717) is 5.75 Å². The van der Waals surface area contributed by atoms with Crippen LogP contribution in [-0.2, 0) is 10.0 Å². The van der Waals surface area contributed by atoms with Gasteiger partial charge in [-0.05, 0) is 12.1 Å². The van der Waals surface area contributed by atoms with Crippen LogP contribution in [0.2, 0.25) is 0 Å². The largest absolute Gasteiger partial charge is 0.424 e. The molecular weight excluding hydrogens is 308 g/mol. The average Bonchev–Trinajstić information content (AvgIpc) is 3.05. The van der Waals surface area contributed by atoms with Crippen LogP contribution in [0.1, 0.15) is 0 Å². The van der Waals surface area contributed by atoms with Gasteiger partial charge in [0, 0.05) is 0 Å². The summed E-state index contributed by atoms with van der Waals surface area (Å²) in [7, 11) is -3.77. The molecule has 0 aliphatic carbocycles. The Morgan fingerprint density at radius 3 is 2.41 bits per heavy atom. The van der Waals surface area contributed by atoms with Crippen molar-refractivity contribution in [3.05, 3.63) is 55.2 Å². The molecule has 0 aliphatic rings. The van der Waals surface area contributed by atoms with Crippen molar-refractivity contribution in [1.29, 1.82) is 0 Å². The number of sulfonamides is 1. The molecule has 8 nitrogen and oxygen atoms in total. The topological polar surface area (TPSA) is 107 Å². The molecule has 0 aliphatic heterocycles. The number of benzene rings is 1. The van der Waals surface area contributed by atoms with Crippen LogP contribution >= 0.6 is 0 Å². The van der Waals surface area contributed by atoms with Crippen LogP contribution in [0.5, 0.6) is 11.8 Å². The molecule has 0 amide bonds. The Bertz CT molecular complexity index is 834. The van der Waals surface area contributed by atoms with Crippen molar-refractivity contribution in [3.8, 4) is 11.8 Å². The van der Waals surface area contributed by atoms with E-state index in [1.807, 2.05) is 18.2 Å². The smallest absolute Gasteiger partial charge is 0.322 e. The first-order valence-electron chi connectivity index (χ1n) is 6.11. The lowest BCUT2D eigenvalue weighted by molar-refractivity contribution is 0.417. The molecule has 0 unspecified atom stereocenters. The minimum absolute atomic E-state index is 0.0860. The Hall–Kier alpha value is -2.94. The Labute approximate surface area is 125 Å². The molecule has 0 fully saturated rings. The van der Waals surface area contributed by atoms with Crippen molar-refractivity contribution in [1.82, 2.24) is 15.1 Å². The molecular formula is C13H10N4O4S. The van der Waals surface area contributed by atoms with Crippen LogP contribution in [-0.4, -0.2) is 23.5 Å². The van der Waals surface area contributed by atoms with E-state index >= 15 is 0 Å². The number of rotatable bonds is 5. The molecule has 0 saturated carbocycles. The first kappa shape index (κ1) is 14.0. The summed E-state index contributed by atoms with van der Waals surface area (Å²) >= 11 is 0. The van der Waals surface area contributed by atoms with Gasteiger partial charge in [-0.2, -0.15) is 0 Å². The highest BCUT2D eigenvalue weighted by Crippen LogP contribution is 2.18. The second-order valence-corrected chi connectivity index (χ2v) is 5.82. The minimum atomic E-state index is -3.77. The molecule has 0 saturated heterocycles. The van der Waals surface area contributed by atoms with Crippen molar-refractivity contribution < 1.29 is 17.7 Å². The lowest BCUT2D eigenvalue weighted by atomic mass is 10.3. The molecule has 0 spiro atoms. The second kappa shape index (κ2) is 5.82. The third kappa shape index (κ3) is 3.20. The molecule has 3 rings (SSSR count). The first-order chi connectivity index (χ1) is 10.6. The van der Waals surface area contributed by atoms with E-state index in [9.17, 15) is 8.42 Å². The molecule has 0 bridgehead atoms. The van der Waals surface area contributed by atoms with E-state index < -0.39 is 10.0 Å². The fraction of sp³-hybridized carbons (Fsp3) is 0. The van der Waals surface area contributed by atoms with Gasteiger partial charge >= 0.3 is 6.01 Å². The maximum atomic E-state index is 11.9. The number of ether oxygens (including phenoxy) is 1. The van der Waals surface area contributed by atoms with E-state index in [4.69, 9.17) is 4.74 Å². The van der Waals surface area contributed by atoms with E-state index in [2.05, 4.69) is 24.4 Å². The monoisotopic (exact) mass is 318 g/mol. The highest BCUT2D eigenvalue weighted by molar-refractivity contribution is 7.92. The zero-order valence-corrected chi connectivity index (χ0v) is 11.9. The van der Waals surface area contributed by atoms with Crippen LogP contribution in [0.25, 0.3) is 0 Å². The van der Waals surface area contributed by atoms with Gasteiger partial charge in [-0.1, -0.05) is 23.4 Å². The van der Waals surface area contributed by atoms with Crippen molar-refractivity contribution in [2.24, 2.45) is 0 Å². The molecule has 2 heterocycles. The number of hydrogen-bond donors (Lipinski definition) is 1. The Morgan fingerprint density at radius 2 is 1.77 bits per heavy atom. The Balaban J connectivity index is 1.72. The van der Waals surface area contributed by atoms with Gasteiger partial charge in [-0.3, -0.25) is 4.72 Å². The third-order valence-electron chi connectivity index (χ3n) is 2.55. The molecule has 3 aromatic rings. The van der Waals surface area contributed by atoms with E-state index in [-0.39, 0.29) is 16.6 Å². The van der Waals surface area contributed by atoms with E-state index in [1.54, 1.807) is 12.1 Å². The number of aromatic nitrogens is 3. The lowest BCUT2D eigenvalue weighted by Gasteiger charge is -2.06. The summed E-state index contributed by atoms with van der Waals surface area (Å²) in [6, 6.07) is 9.11. The number of nitrogens with zero attached hydrogens (tertiary/aromatic N) is 3. The highest BCUT2D eigenvalue weighted by Gasteiger charge is 2.16. The molecule has 1 aromatic carbocycles. The zero-order valence-electron chi connectivity index (χ0n) is 11.1. The highest BCUT2D eigenvalue weighted by atomic mass is 32.2. The second-order valence-electron chi connectivity index (χ2n) is 4.14. The number of anilines is 1. The fourth-order valence-corrected chi connectivity index (χ4v) is 2.44. The number of nitrogens with one attached hydrogen (secondary N) is 1. The molecule has 1 N–H and O–H groups in total. The van der Waals surface area contributed by atoms with Gasteiger partial charge in [-0.15, -0.1) is 0 Å². The van der Waals surface area contributed by atoms with Crippen molar-refractivity contribution in [2.45, 2.75) is 4.90 Å². The molecule has 9 heteroatoms. The number of para-hydroxylation sites is 1. The van der Waals surface area contributed by atoms with Gasteiger partial charge in [0.15, 0.2) is 0 Å². The Kier molecular flexibility index (Phi) is 3.71. The number of hydrogen-bond acceptors (Lipinski definition) is 7. The Morgan fingerprint density at radius 1 is 1.05 bits per heavy atom.